The van der Waals surface area contributed by atoms with Crippen LogP contribution < -0.4 is 4.90 Å². The molecule has 12 nitrogen and oxygen atoms in total. The van der Waals surface area contributed by atoms with E-state index in [2.05, 4.69) is 9.83 Å². The van der Waals surface area contributed by atoms with Gasteiger partial charge in [0.25, 0.3) is 10.0 Å². The summed E-state index contributed by atoms with van der Waals surface area (Å²) >= 11 is 0. The molecular formula is C33H44N6O6S2. The predicted molar refractivity (Wildman–Crippen MR) is 182 cm³/mol. The second-order valence-electron chi connectivity index (χ2n) is 13.7. The first kappa shape index (κ1) is 34.7. The Balaban J connectivity index is 1.22. The Morgan fingerprint density at radius 2 is 1.70 bits per heavy atom. The van der Waals surface area contributed by atoms with Crippen LogP contribution in [-0.4, -0.2) is 92.2 Å². The van der Waals surface area contributed by atoms with Crippen molar-refractivity contribution >= 4 is 48.5 Å². The first-order valence-electron chi connectivity index (χ1n) is 15.9. The minimum Gasteiger partial charge on any atom is -0.444 e. The van der Waals surface area contributed by atoms with Crippen molar-refractivity contribution < 1.29 is 26.4 Å². The Hall–Kier alpha value is -3.67. The lowest BCUT2D eigenvalue weighted by atomic mass is 9.86. The molecule has 5 rings (SSSR count). The molecule has 1 amide bonds. The number of aromatic nitrogens is 2. The van der Waals surface area contributed by atoms with E-state index in [0.717, 1.165) is 29.7 Å². The third-order valence-corrected chi connectivity index (χ3v) is 12.8. The molecule has 2 aromatic heterocycles. The number of hydrogen-bond acceptors (Lipinski definition) is 8. The molecule has 1 saturated carbocycles. The van der Waals surface area contributed by atoms with Gasteiger partial charge in [-0.25, -0.2) is 39.7 Å². The van der Waals surface area contributed by atoms with E-state index in [1.165, 1.54) is 29.4 Å². The van der Waals surface area contributed by atoms with Crippen LogP contribution in [0.4, 0.5) is 16.2 Å². The van der Waals surface area contributed by atoms with Gasteiger partial charge in [-0.05, 0) is 82.9 Å². The second kappa shape index (κ2) is 13.4. The third kappa shape index (κ3) is 7.58. The molecule has 1 aliphatic heterocycles. The molecule has 0 radical (unpaired) electrons. The van der Waals surface area contributed by atoms with E-state index in [4.69, 9.17) is 11.3 Å². The molecule has 254 valence electrons. The molecule has 1 aliphatic carbocycles. The molecule has 0 bridgehead atoms. The summed E-state index contributed by atoms with van der Waals surface area (Å²) in [6, 6.07) is 9.90. The van der Waals surface area contributed by atoms with E-state index in [1.54, 1.807) is 35.6 Å². The van der Waals surface area contributed by atoms with Crippen LogP contribution in [0.3, 0.4) is 0 Å². The number of fused-ring (bicyclic) bond motifs is 1. The quantitative estimate of drug-likeness (QED) is 0.277. The topological polar surface area (TPSA) is 126 Å². The van der Waals surface area contributed by atoms with Gasteiger partial charge in [0.1, 0.15) is 5.60 Å². The van der Waals surface area contributed by atoms with Crippen LogP contribution in [0.5, 0.6) is 0 Å². The molecule has 3 heterocycles. The highest BCUT2D eigenvalue weighted by Crippen LogP contribution is 2.40. The Kier molecular flexibility index (Phi) is 9.92. The zero-order valence-electron chi connectivity index (χ0n) is 27.7. The Morgan fingerprint density at radius 3 is 2.34 bits per heavy atom. The normalized spacial score (nSPS) is 21.0. The van der Waals surface area contributed by atoms with Gasteiger partial charge < -0.3 is 14.5 Å². The van der Waals surface area contributed by atoms with Gasteiger partial charge in [0.15, 0.2) is 5.65 Å². The summed E-state index contributed by atoms with van der Waals surface area (Å²) in [5, 5.41) is 0.575. The predicted octanol–water partition coefficient (Wildman–Crippen LogP) is 5.34. The zero-order valence-corrected chi connectivity index (χ0v) is 29.3. The maximum Gasteiger partial charge on any atom is 0.410 e. The van der Waals surface area contributed by atoms with Crippen LogP contribution in [0.2, 0.25) is 0 Å². The van der Waals surface area contributed by atoms with Crippen molar-refractivity contribution in [1.29, 1.82) is 0 Å². The van der Waals surface area contributed by atoms with Crippen molar-refractivity contribution in [3.8, 4) is 0 Å². The monoisotopic (exact) mass is 684 g/mol. The lowest BCUT2D eigenvalue weighted by Gasteiger charge is -2.37. The van der Waals surface area contributed by atoms with Gasteiger partial charge in [-0.1, -0.05) is 18.2 Å². The molecule has 1 aromatic carbocycles. The van der Waals surface area contributed by atoms with E-state index in [-0.39, 0.29) is 34.2 Å². The molecule has 3 aromatic rings. The van der Waals surface area contributed by atoms with Gasteiger partial charge in [0.2, 0.25) is 15.7 Å². The van der Waals surface area contributed by atoms with Gasteiger partial charge in [-0.15, -0.1) is 0 Å². The summed E-state index contributed by atoms with van der Waals surface area (Å²) in [4.78, 5) is 24.1. The summed E-state index contributed by atoms with van der Waals surface area (Å²) in [6.45, 7) is 14.5. The van der Waals surface area contributed by atoms with Crippen LogP contribution in [0.15, 0.2) is 53.7 Å². The largest absolute Gasteiger partial charge is 0.444 e. The zero-order chi connectivity index (χ0) is 34.1. The molecule has 1 unspecified atom stereocenters. The number of hydrogen-bond donors (Lipinski definition) is 0. The van der Waals surface area contributed by atoms with Crippen molar-refractivity contribution in [2.45, 2.75) is 69.4 Å². The number of sulfonamides is 1. The number of amides is 1. The Labute approximate surface area is 278 Å². The minimum absolute atomic E-state index is 0.0167. The molecule has 47 heavy (non-hydrogen) atoms. The smallest absolute Gasteiger partial charge is 0.410 e. The third-order valence-electron chi connectivity index (χ3n) is 9.10. The number of ether oxygens (including phenoxy) is 1. The van der Waals surface area contributed by atoms with E-state index in [0.29, 0.717) is 42.8 Å². The van der Waals surface area contributed by atoms with E-state index < -0.39 is 31.7 Å². The van der Waals surface area contributed by atoms with Crippen LogP contribution in [-0.2, 0) is 24.8 Å². The van der Waals surface area contributed by atoms with Crippen LogP contribution in [0, 0.1) is 18.4 Å². The average Bonchev–Trinajstić information content (AvgIpc) is 3.68. The maximum atomic E-state index is 13.4. The van der Waals surface area contributed by atoms with Gasteiger partial charge in [-0.2, -0.15) is 0 Å². The van der Waals surface area contributed by atoms with Gasteiger partial charge in [0.05, 0.1) is 22.9 Å². The number of rotatable bonds is 9. The lowest BCUT2D eigenvalue weighted by molar-refractivity contribution is 0.0276. The summed E-state index contributed by atoms with van der Waals surface area (Å²) in [5.74, 6) is 0.159. The first-order chi connectivity index (χ1) is 22.1. The highest BCUT2D eigenvalue weighted by molar-refractivity contribution is 7.90. The van der Waals surface area contributed by atoms with Crippen molar-refractivity contribution in [3.05, 3.63) is 60.2 Å². The number of anilines is 1. The second-order valence-corrected chi connectivity index (χ2v) is 17.5. The minimum atomic E-state index is -3.89. The Morgan fingerprint density at radius 1 is 1.02 bits per heavy atom. The molecule has 2 fully saturated rings. The number of carbonyl (C=O) groups is 1. The molecule has 1 saturated heterocycles. The van der Waals surface area contributed by atoms with Gasteiger partial charge >= 0.3 is 6.09 Å². The van der Waals surface area contributed by atoms with Crippen molar-refractivity contribution in [1.82, 2.24) is 18.2 Å². The molecule has 2 aliphatic rings. The van der Waals surface area contributed by atoms with Crippen molar-refractivity contribution in [2.24, 2.45) is 11.8 Å². The van der Waals surface area contributed by atoms with Crippen LogP contribution in [0.1, 0.15) is 52.9 Å². The maximum absolute atomic E-state index is 13.4. The SMILES string of the molecule is [C-]#[N+]c1cnc2c(ccn2S(=O)(=O)c2ccccc2)c1N(C)C1CCC(CS(=O)(=O)N2CCC(CN(C)C(=O)OC(C)(C)C)C2)CC1. The Bertz CT molecular complexity index is 1860. The van der Waals surface area contributed by atoms with E-state index in [1.807, 2.05) is 32.7 Å². The summed E-state index contributed by atoms with van der Waals surface area (Å²) in [7, 11) is -3.76. The molecule has 14 heteroatoms. The molecular weight excluding hydrogens is 641 g/mol. The van der Waals surface area contributed by atoms with Crippen molar-refractivity contribution in [2.75, 3.05) is 44.4 Å². The highest BCUT2D eigenvalue weighted by atomic mass is 32.2. The van der Waals surface area contributed by atoms with Crippen LogP contribution in [0.25, 0.3) is 15.9 Å². The number of nitrogens with zero attached hydrogens (tertiary/aromatic N) is 6. The summed E-state index contributed by atoms with van der Waals surface area (Å²) in [6.07, 6.45) is 6.11. The summed E-state index contributed by atoms with van der Waals surface area (Å²) in [5.41, 5.74) is 0.623. The number of pyridine rings is 1. The van der Waals surface area contributed by atoms with E-state index in [9.17, 15) is 21.6 Å². The number of carbonyl (C=O) groups excluding carboxylic acids is 1. The highest BCUT2D eigenvalue weighted by Gasteiger charge is 2.36. The lowest BCUT2D eigenvalue weighted by Crippen LogP contribution is -2.40. The number of benzene rings is 1. The fraction of sp³-hybridized carbons (Fsp3) is 0.545. The van der Waals surface area contributed by atoms with Gasteiger partial charge in [0, 0.05) is 57.6 Å². The molecule has 0 N–H and O–H groups in total. The van der Waals surface area contributed by atoms with Gasteiger partial charge in [-0.3, -0.25) is 0 Å². The fourth-order valence-corrected chi connectivity index (χ4v) is 9.96. The van der Waals surface area contributed by atoms with Crippen LogP contribution >= 0.6 is 0 Å². The standard InChI is InChI=1S/C33H44N6O6S2/c1-33(2,3)45-32(40)36(5)21-25-16-18-38(22-25)46(41,42)23-24-12-14-26(15-13-24)37(6)30-28-17-19-39(31(28)35-20-29(30)34-4)47(43,44)27-10-8-7-9-11-27/h7-11,17,19-20,24-26H,12-16,18,21-23H2,1-3,5-6H3. The first-order valence-corrected chi connectivity index (χ1v) is 19.0. The molecule has 1 atom stereocenters. The van der Waals surface area contributed by atoms with E-state index >= 15 is 0 Å². The molecule has 0 spiro atoms. The average molecular weight is 685 g/mol. The fourth-order valence-electron chi connectivity index (χ4n) is 6.68. The van der Waals surface area contributed by atoms with Crippen molar-refractivity contribution in [3.63, 3.8) is 0 Å². The summed E-state index contributed by atoms with van der Waals surface area (Å²) < 4.78 is 61.8.